The molecule has 0 aromatic heterocycles. The van der Waals surface area contributed by atoms with E-state index in [2.05, 4.69) is 0 Å². The molecule has 2 rings (SSSR count). The third-order valence-electron chi connectivity index (χ3n) is 3.24. The molecular formula is C17H19NO4. The summed E-state index contributed by atoms with van der Waals surface area (Å²) in [5.74, 6) is 0.765. The Balaban J connectivity index is 2.43. The lowest BCUT2D eigenvalue weighted by molar-refractivity contribution is -0.137. The Morgan fingerprint density at radius 3 is 2.86 bits per heavy atom. The molecule has 0 bridgehead atoms. The van der Waals surface area contributed by atoms with Crippen LogP contribution in [-0.4, -0.2) is 25.3 Å². The zero-order chi connectivity index (χ0) is 16.1. The van der Waals surface area contributed by atoms with E-state index in [0.717, 1.165) is 17.7 Å². The van der Waals surface area contributed by atoms with E-state index < -0.39 is 5.97 Å². The molecule has 0 spiro atoms. The van der Waals surface area contributed by atoms with Gasteiger partial charge in [-0.3, -0.25) is 0 Å². The van der Waals surface area contributed by atoms with Crippen LogP contribution in [0.2, 0.25) is 0 Å². The number of nitriles is 1. The molecule has 116 valence electrons. The summed E-state index contributed by atoms with van der Waals surface area (Å²) in [6.07, 6.45) is 2.42. The van der Waals surface area contributed by atoms with Gasteiger partial charge in [-0.15, -0.1) is 0 Å². The second kappa shape index (κ2) is 6.99. The fourth-order valence-electron chi connectivity index (χ4n) is 2.35. The molecule has 0 N–H and O–H groups in total. The third-order valence-corrected chi connectivity index (χ3v) is 3.24. The Morgan fingerprint density at radius 2 is 2.23 bits per heavy atom. The Kier molecular flexibility index (Phi) is 5.05. The number of hydrogen-bond acceptors (Lipinski definition) is 5. The summed E-state index contributed by atoms with van der Waals surface area (Å²) in [6.45, 7) is 6.30. The van der Waals surface area contributed by atoms with E-state index in [4.69, 9.17) is 19.5 Å². The first kappa shape index (κ1) is 15.9. The minimum atomic E-state index is -0.637. The molecule has 0 saturated carbocycles. The Labute approximate surface area is 130 Å². The number of nitrogens with zero attached hydrogens (tertiary/aromatic N) is 1. The highest BCUT2D eigenvalue weighted by molar-refractivity contribution is 5.98. The number of benzene rings is 1. The maximum absolute atomic E-state index is 11.7. The zero-order valence-corrected chi connectivity index (χ0v) is 13.0. The van der Waals surface area contributed by atoms with Crippen LogP contribution in [0.3, 0.4) is 0 Å². The van der Waals surface area contributed by atoms with Crippen molar-refractivity contribution in [2.75, 3.05) is 13.2 Å². The number of ether oxygens (including phenoxy) is 3. The molecule has 5 nitrogen and oxygen atoms in total. The van der Waals surface area contributed by atoms with Gasteiger partial charge >= 0.3 is 5.97 Å². The first-order chi connectivity index (χ1) is 10.6. The molecule has 1 heterocycles. The van der Waals surface area contributed by atoms with Gasteiger partial charge in [0.25, 0.3) is 0 Å². The van der Waals surface area contributed by atoms with Gasteiger partial charge in [0.15, 0.2) is 0 Å². The Hall–Kier alpha value is -2.48. The molecule has 0 saturated heterocycles. The molecule has 5 heteroatoms. The van der Waals surface area contributed by atoms with Crippen molar-refractivity contribution in [2.24, 2.45) is 0 Å². The predicted octanol–water partition coefficient (Wildman–Crippen LogP) is 2.88. The number of carbonyl (C=O) groups is 1. The van der Waals surface area contributed by atoms with Gasteiger partial charge in [0.05, 0.1) is 13.2 Å². The smallest absolute Gasteiger partial charge is 0.348 e. The van der Waals surface area contributed by atoms with Crippen molar-refractivity contribution in [2.45, 2.75) is 33.3 Å². The van der Waals surface area contributed by atoms with Crippen molar-refractivity contribution in [3.63, 3.8) is 0 Å². The van der Waals surface area contributed by atoms with Crippen molar-refractivity contribution < 1.29 is 19.0 Å². The summed E-state index contributed by atoms with van der Waals surface area (Å²) in [5, 5.41) is 9.15. The maximum atomic E-state index is 11.7. The lowest BCUT2D eigenvalue weighted by Gasteiger charge is -2.10. The average Bonchev–Trinajstić information content (AvgIpc) is 2.84. The van der Waals surface area contributed by atoms with Crippen molar-refractivity contribution in [1.29, 1.82) is 5.26 Å². The van der Waals surface area contributed by atoms with E-state index >= 15 is 0 Å². The van der Waals surface area contributed by atoms with E-state index in [-0.39, 0.29) is 18.3 Å². The third kappa shape index (κ3) is 3.40. The number of esters is 1. The van der Waals surface area contributed by atoms with Crippen molar-refractivity contribution in [3.05, 3.63) is 28.8 Å². The van der Waals surface area contributed by atoms with Crippen molar-refractivity contribution >= 4 is 12.0 Å². The van der Waals surface area contributed by atoms with Crippen LogP contribution in [0, 0.1) is 11.3 Å². The van der Waals surface area contributed by atoms with Crippen LogP contribution in [-0.2, 0) is 16.0 Å². The zero-order valence-electron chi connectivity index (χ0n) is 13.0. The lowest BCUT2D eigenvalue weighted by Crippen LogP contribution is -2.06. The molecule has 0 amide bonds. The first-order valence-electron chi connectivity index (χ1n) is 7.34. The molecule has 1 aliphatic rings. The molecule has 0 aliphatic carbocycles. The summed E-state index contributed by atoms with van der Waals surface area (Å²) in [6, 6.07) is 5.59. The largest absolute Gasteiger partial charge is 0.493 e. The summed E-state index contributed by atoms with van der Waals surface area (Å²) in [4.78, 5) is 11.7. The molecule has 0 radical (unpaired) electrons. The average molecular weight is 301 g/mol. The molecule has 1 atom stereocenters. The molecule has 22 heavy (non-hydrogen) atoms. The molecule has 1 aromatic rings. The number of fused-ring (bicyclic) bond motifs is 1. The summed E-state index contributed by atoms with van der Waals surface area (Å²) >= 11 is 0. The van der Waals surface area contributed by atoms with Crippen molar-refractivity contribution in [3.8, 4) is 17.6 Å². The van der Waals surface area contributed by atoms with Crippen LogP contribution in [0.1, 0.15) is 31.9 Å². The number of rotatable bonds is 5. The van der Waals surface area contributed by atoms with E-state index in [1.54, 1.807) is 13.0 Å². The second-order valence-electron chi connectivity index (χ2n) is 4.95. The van der Waals surface area contributed by atoms with Crippen LogP contribution in [0.25, 0.3) is 6.08 Å². The lowest BCUT2D eigenvalue weighted by atomic mass is 10.0. The molecule has 1 aromatic carbocycles. The predicted molar refractivity (Wildman–Crippen MR) is 81.6 cm³/mol. The van der Waals surface area contributed by atoms with Gasteiger partial charge in [-0.25, -0.2) is 4.79 Å². The second-order valence-corrected chi connectivity index (χ2v) is 4.95. The molecular weight excluding hydrogens is 282 g/mol. The van der Waals surface area contributed by atoms with Gasteiger partial charge in [0.2, 0.25) is 0 Å². The van der Waals surface area contributed by atoms with Gasteiger partial charge in [0.1, 0.15) is 29.2 Å². The van der Waals surface area contributed by atoms with Crippen LogP contribution in [0.15, 0.2) is 17.7 Å². The van der Waals surface area contributed by atoms with Crippen LogP contribution < -0.4 is 9.47 Å². The topological polar surface area (TPSA) is 68.6 Å². The van der Waals surface area contributed by atoms with Gasteiger partial charge in [0, 0.05) is 17.5 Å². The SMILES string of the molecule is CCOC(=O)/C(C#N)=C/c1cc2c(cc1OCC)CC(C)O2. The molecule has 1 unspecified atom stereocenters. The maximum Gasteiger partial charge on any atom is 0.348 e. The highest BCUT2D eigenvalue weighted by Crippen LogP contribution is 2.36. The van der Waals surface area contributed by atoms with Crippen LogP contribution >= 0.6 is 0 Å². The van der Waals surface area contributed by atoms with Gasteiger partial charge < -0.3 is 14.2 Å². The Bertz CT molecular complexity index is 643. The highest BCUT2D eigenvalue weighted by Gasteiger charge is 2.22. The minimum absolute atomic E-state index is 0.0613. The molecule has 1 aliphatic heterocycles. The van der Waals surface area contributed by atoms with E-state index in [0.29, 0.717) is 17.9 Å². The fraction of sp³-hybridized carbons (Fsp3) is 0.412. The van der Waals surface area contributed by atoms with E-state index in [1.807, 2.05) is 26.0 Å². The first-order valence-corrected chi connectivity index (χ1v) is 7.34. The van der Waals surface area contributed by atoms with Gasteiger partial charge in [-0.05, 0) is 39.0 Å². The van der Waals surface area contributed by atoms with Gasteiger partial charge in [-0.1, -0.05) is 0 Å². The number of carbonyl (C=O) groups excluding carboxylic acids is 1. The van der Waals surface area contributed by atoms with E-state index in [9.17, 15) is 4.79 Å². The van der Waals surface area contributed by atoms with Crippen LogP contribution in [0.4, 0.5) is 0 Å². The Morgan fingerprint density at radius 1 is 1.45 bits per heavy atom. The quantitative estimate of drug-likeness (QED) is 0.475. The van der Waals surface area contributed by atoms with E-state index in [1.165, 1.54) is 6.08 Å². The standard InChI is InChI=1S/C17H19NO4/c1-4-20-15-8-12-6-11(3)22-16(12)9-13(15)7-14(10-18)17(19)21-5-2/h7-9,11H,4-6H2,1-3H3/b14-7+. The summed E-state index contributed by atoms with van der Waals surface area (Å²) in [7, 11) is 0. The summed E-state index contributed by atoms with van der Waals surface area (Å²) < 4.78 is 16.2. The van der Waals surface area contributed by atoms with Crippen LogP contribution in [0.5, 0.6) is 11.5 Å². The monoisotopic (exact) mass is 301 g/mol. The minimum Gasteiger partial charge on any atom is -0.493 e. The fourth-order valence-corrected chi connectivity index (χ4v) is 2.35. The molecule has 0 fully saturated rings. The normalized spacial score (nSPS) is 16.5. The highest BCUT2D eigenvalue weighted by atomic mass is 16.5. The summed E-state index contributed by atoms with van der Waals surface area (Å²) in [5.41, 5.74) is 1.65. The van der Waals surface area contributed by atoms with Crippen molar-refractivity contribution in [1.82, 2.24) is 0 Å². The van der Waals surface area contributed by atoms with Gasteiger partial charge in [-0.2, -0.15) is 5.26 Å². The number of hydrogen-bond donors (Lipinski definition) is 0.